The van der Waals surface area contributed by atoms with E-state index in [2.05, 4.69) is 27.4 Å². The molecule has 1 aromatic carbocycles. The lowest BCUT2D eigenvalue weighted by Crippen LogP contribution is -2.13. The minimum absolute atomic E-state index is 0.415. The summed E-state index contributed by atoms with van der Waals surface area (Å²) in [6.45, 7) is 5.86. The van der Waals surface area contributed by atoms with Crippen LogP contribution in [-0.4, -0.2) is 15.7 Å². The number of thiophene rings is 1. The van der Waals surface area contributed by atoms with Gasteiger partial charge in [0.1, 0.15) is 16.7 Å². The maximum Gasteiger partial charge on any atom is 0.345 e. The number of nitrogens with one attached hydrogen (secondary N) is 1. The van der Waals surface area contributed by atoms with E-state index in [1.54, 1.807) is 30.4 Å². The highest BCUT2D eigenvalue weighted by Crippen LogP contribution is 2.32. The third kappa shape index (κ3) is 2.76. The number of aromatic nitrogens is 2. The maximum absolute atomic E-state index is 12.3. The molecule has 7 heteroatoms. The van der Waals surface area contributed by atoms with E-state index in [0.29, 0.717) is 22.7 Å². The highest BCUT2D eigenvalue weighted by molar-refractivity contribution is 7.18. The summed E-state index contributed by atoms with van der Waals surface area (Å²) in [6.07, 6.45) is 1.51. The van der Waals surface area contributed by atoms with Crippen molar-refractivity contribution in [3.05, 3.63) is 63.1 Å². The SMILES string of the molecule is C/C(=N/Nc1ncnc2sc(C)c(C)c12)c1cc2ccccc2oc1=O. The third-order valence-corrected chi connectivity index (χ3v) is 5.44. The van der Waals surface area contributed by atoms with Gasteiger partial charge in [-0.3, -0.25) is 5.43 Å². The molecule has 0 spiro atoms. The van der Waals surface area contributed by atoms with Crippen molar-refractivity contribution >= 4 is 44.1 Å². The van der Waals surface area contributed by atoms with Gasteiger partial charge in [-0.25, -0.2) is 14.8 Å². The van der Waals surface area contributed by atoms with Crippen molar-refractivity contribution in [2.45, 2.75) is 20.8 Å². The molecule has 1 N–H and O–H groups in total. The summed E-state index contributed by atoms with van der Waals surface area (Å²) in [5, 5.41) is 6.16. The Hall–Kier alpha value is -3.06. The van der Waals surface area contributed by atoms with E-state index in [0.717, 1.165) is 21.2 Å². The molecule has 0 saturated carbocycles. The van der Waals surface area contributed by atoms with Gasteiger partial charge in [0.05, 0.1) is 16.7 Å². The lowest BCUT2D eigenvalue weighted by Gasteiger charge is -2.05. The van der Waals surface area contributed by atoms with Crippen molar-refractivity contribution in [1.82, 2.24) is 9.97 Å². The molecular weight excluding hydrogens is 348 g/mol. The van der Waals surface area contributed by atoms with Crippen molar-refractivity contribution < 1.29 is 4.42 Å². The summed E-state index contributed by atoms with van der Waals surface area (Å²) in [5.74, 6) is 0.626. The Labute approximate surface area is 153 Å². The molecule has 0 amide bonds. The predicted octanol–water partition coefficient (Wildman–Crippen LogP) is 4.25. The van der Waals surface area contributed by atoms with Crippen LogP contribution in [0.3, 0.4) is 0 Å². The van der Waals surface area contributed by atoms with Crippen LogP contribution >= 0.6 is 11.3 Å². The molecule has 4 aromatic rings. The van der Waals surface area contributed by atoms with Crippen molar-refractivity contribution in [3.8, 4) is 0 Å². The average molecular weight is 364 g/mol. The molecule has 0 unspecified atom stereocenters. The van der Waals surface area contributed by atoms with Crippen LogP contribution in [0.5, 0.6) is 0 Å². The highest BCUT2D eigenvalue weighted by atomic mass is 32.1. The molecule has 0 saturated heterocycles. The molecule has 3 heterocycles. The topological polar surface area (TPSA) is 80.4 Å². The normalized spacial score (nSPS) is 12.0. The van der Waals surface area contributed by atoms with Gasteiger partial charge in [-0.15, -0.1) is 11.3 Å². The van der Waals surface area contributed by atoms with Crippen LogP contribution in [0.15, 0.2) is 51.0 Å². The number of hydrazone groups is 1. The Bertz CT molecular complexity index is 1220. The van der Waals surface area contributed by atoms with Gasteiger partial charge in [0.15, 0.2) is 5.82 Å². The zero-order valence-corrected chi connectivity index (χ0v) is 15.3. The fourth-order valence-corrected chi connectivity index (χ4v) is 3.78. The molecule has 0 aliphatic carbocycles. The van der Waals surface area contributed by atoms with Crippen molar-refractivity contribution in [2.75, 3.05) is 5.43 Å². The molecule has 130 valence electrons. The van der Waals surface area contributed by atoms with Gasteiger partial charge in [-0.1, -0.05) is 18.2 Å². The fourth-order valence-electron chi connectivity index (χ4n) is 2.78. The molecular formula is C19H16N4O2S. The van der Waals surface area contributed by atoms with E-state index in [4.69, 9.17) is 4.42 Å². The highest BCUT2D eigenvalue weighted by Gasteiger charge is 2.12. The minimum Gasteiger partial charge on any atom is -0.422 e. The number of benzene rings is 1. The zero-order chi connectivity index (χ0) is 18.3. The van der Waals surface area contributed by atoms with Gasteiger partial charge in [-0.05, 0) is 38.5 Å². The summed E-state index contributed by atoms with van der Waals surface area (Å²) >= 11 is 1.62. The standard InChI is InChI=1S/C19H16N4O2S/c1-10-12(3)26-18-16(10)17(20-9-21-18)23-22-11(2)14-8-13-6-4-5-7-15(13)25-19(14)24/h4-9H,1-3H3,(H,20,21,23)/b22-11-. The Kier molecular flexibility index (Phi) is 4.00. The first-order valence-electron chi connectivity index (χ1n) is 8.09. The summed E-state index contributed by atoms with van der Waals surface area (Å²) in [6, 6.07) is 9.19. The van der Waals surface area contributed by atoms with E-state index in [1.807, 2.05) is 25.1 Å². The van der Waals surface area contributed by atoms with Gasteiger partial charge in [0, 0.05) is 10.3 Å². The molecule has 0 aliphatic rings. The second kappa shape index (κ2) is 6.34. The van der Waals surface area contributed by atoms with E-state index in [9.17, 15) is 4.79 Å². The van der Waals surface area contributed by atoms with E-state index >= 15 is 0 Å². The quantitative estimate of drug-likeness (QED) is 0.334. The number of aryl methyl sites for hydroxylation is 2. The van der Waals surface area contributed by atoms with Gasteiger partial charge >= 0.3 is 5.63 Å². The first-order valence-corrected chi connectivity index (χ1v) is 8.90. The summed E-state index contributed by atoms with van der Waals surface area (Å²) < 4.78 is 5.37. The van der Waals surface area contributed by atoms with Crippen LogP contribution in [0.1, 0.15) is 22.9 Å². The minimum atomic E-state index is -0.415. The van der Waals surface area contributed by atoms with Crippen LogP contribution in [0, 0.1) is 13.8 Å². The molecule has 0 radical (unpaired) electrons. The fraction of sp³-hybridized carbons (Fsp3) is 0.158. The van der Waals surface area contributed by atoms with Crippen molar-refractivity contribution in [1.29, 1.82) is 0 Å². The number of nitrogens with zero attached hydrogens (tertiary/aromatic N) is 3. The van der Waals surface area contributed by atoms with Gasteiger partial charge in [0.2, 0.25) is 0 Å². The molecule has 6 nitrogen and oxygen atoms in total. The molecule has 0 fully saturated rings. The molecule has 4 rings (SSSR count). The lowest BCUT2D eigenvalue weighted by atomic mass is 10.1. The van der Waals surface area contributed by atoms with Gasteiger partial charge in [0.25, 0.3) is 0 Å². The predicted molar refractivity (Wildman–Crippen MR) is 105 cm³/mol. The monoisotopic (exact) mass is 364 g/mol. The second-order valence-electron chi connectivity index (χ2n) is 5.98. The Morgan fingerprint density at radius 1 is 1.23 bits per heavy atom. The summed E-state index contributed by atoms with van der Waals surface area (Å²) in [4.78, 5) is 23.0. The van der Waals surface area contributed by atoms with Crippen LogP contribution in [0.2, 0.25) is 0 Å². The first kappa shape index (κ1) is 16.4. The number of para-hydroxylation sites is 1. The molecule has 0 bridgehead atoms. The summed E-state index contributed by atoms with van der Waals surface area (Å²) in [7, 11) is 0. The number of rotatable bonds is 3. The Balaban J connectivity index is 1.74. The van der Waals surface area contributed by atoms with E-state index in [-0.39, 0.29) is 0 Å². The number of fused-ring (bicyclic) bond motifs is 2. The zero-order valence-electron chi connectivity index (χ0n) is 14.5. The Morgan fingerprint density at radius 3 is 2.88 bits per heavy atom. The number of anilines is 1. The first-order chi connectivity index (χ1) is 12.5. The number of hydrogen-bond acceptors (Lipinski definition) is 7. The van der Waals surface area contributed by atoms with Gasteiger partial charge < -0.3 is 4.42 Å². The molecule has 3 aromatic heterocycles. The largest absolute Gasteiger partial charge is 0.422 e. The average Bonchev–Trinajstić information content (AvgIpc) is 2.94. The molecule has 0 atom stereocenters. The molecule has 0 aliphatic heterocycles. The van der Waals surface area contributed by atoms with E-state index < -0.39 is 5.63 Å². The van der Waals surface area contributed by atoms with Crippen LogP contribution in [0.25, 0.3) is 21.2 Å². The smallest absolute Gasteiger partial charge is 0.345 e. The summed E-state index contributed by atoms with van der Waals surface area (Å²) in [5.41, 5.74) is 5.20. The van der Waals surface area contributed by atoms with Crippen LogP contribution < -0.4 is 11.1 Å². The number of hydrogen-bond donors (Lipinski definition) is 1. The van der Waals surface area contributed by atoms with E-state index in [1.165, 1.54) is 11.2 Å². The lowest BCUT2D eigenvalue weighted by molar-refractivity contribution is 0.559. The van der Waals surface area contributed by atoms with Crippen molar-refractivity contribution in [2.24, 2.45) is 5.10 Å². The van der Waals surface area contributed by atoms with Crippen molar-refractivity contribution in [3.63, 3.8) is 0 Å². The van der Waals surface area contributed by atoms with Gasteiger partial charge in [-0.2, -0.15) is 5.10 Å². The molecule has 26 heavy (non-hydrogen) atoms. The maximum atomic E-state index is 12.3. The third-order valence-electron chi connectivity index (χ3n) is 4.33. The Morgan fingerprint density at radius 2 is 2.04 bits per heavy atom. The second-order valence-corrected chi connectivity index (χ2v) is 7.18. The van der Waals surface area contributed by atoms with Crippen LogP contribution in [-0.2, 0) is 0 Å². The van der Waals surface area contributed by atoms with Crippen LogP contribution in [0.4, 0.5) is 5.82 Å².